The van der Waals surface area contributed by atoms with Crippen LogP contribution < -0.4 is 11.5 Å². The second kappa shape index (κ2) is 12.3. The van der Waals surface area contributed by atoms with Crippen molar-refractivity contribution in [2.24, 2.45) is 11.5 Å². The number of nitrogens with two attached hydrogens (primary N) is 2. The summed E-state index contributed by atoms with van der Waals surface area (Å²) in [4.78, 5) is 0. The highest BCUT2D eigenvalue weighted by Gasteiger charge is 2.16. The molecule has 43 heavy (non-hydrogen) atoms. The largest absolute Gasteiger partial charge is 0.404 e. The van der Waals surface area contributed by atoms with Crippen LogP contribution >= 0.6 is 0 Å². The maximum atomic E-state index is 6.08. The van der Waals surface area contributed by atoms with Crippen LogP contribution in [0.2, 0.25) is 0 Å². The first kappa shape index (κ1) is 27.8. The summed E-state index contributed by atoms with van der Waals surface area (Å²) in [6, 6.07) is 41.7. The van der Waals surface area contributed by atoms with Crippen LogP contribution in [-0.4, -0.2) is 0 Å². The molecule has 210 valence electrons. The Morgan fingerprint density at radius 3 is 1.70 bits per heavy atom. The Morgan fingerprint density at radius 1 is 0.605 bits per heavy atom. The zero-order chi connectivity index (χ0) is 29.8. The van der Waals surface area contributed by atoms with Crippen molar-refractivity contribution in [1.82, 2.24) is 0 Å². The van der Waals surface area contributed by atoms with Gasteiger partial charge in [-0.25, -0.2) is 0 Å². The average molecular weight is 557 g/mol. The molecule has 0 radical (unpaired) electrons. The average Bonchev–Trinajstić information content (AvgIpc) is 3.07. The van der Waals surface area contributed by atoms with Crippen molar-refractivity contribution >= 4 is 37.9 Å². The third-order valence-corrected chi connectivity index (χ3v) is 8.43. The number of hydrogen-bond acceptors (Lipinski definition) is 2. The van der Waals surface area contributed by atoms with Crippen LogP contribution in [0, 0.1) is 0 Å². The fourth-order valence-electron chi connectivity index (χ4n) is 6.03. The molecule has 0 heterocycles. The fourth-order valence-corrected chi connectivity index (χ4v) is 6.03. The van der Waals surface area contributed by atoms with Crippen LogP contribution in [0.3, 0.4) is 0 Å². The standard InChI is InChI=1S/C41H36N2/c1-3-28(2)34(26-42)13-10-14-35(27-43)30-19-22-31(23-20-30)40-36-15-6-8-17-38(36)41(39-18-9-7-16-37(39)40)33-24-21-29-11-4-5-12-32(29)25-33/h3-12,14-27H,13,42-43H2,1-2H3/b14-10-,28-3-,34-26-,35-27+. The molecule has 6 rings (SSSR count). The van der Waals surface area contributed by atoms with E-state index in [-0.39, 0.29) is 0 Å². The van der Waals surface area contributed by atoms with Gasteiger partial charge in [-0.2, -0.15) is 0 Å². The molecule has 0 aliphatic heterocycles. The van der Waals surface area contributed by atoms with Gasteiger partial charge < -0.3 is 11.5 Å². The van der Waals surface area contributed by atoms with Gasteiger partial charge in [-0.3, -0.25) is 0 Å². The van der Waals surface area contributed by atoms with Gasteiger partial charge in [0.2, 0.25) is 0 Å². The van der Waals surface area contributed by atoms with Gasteiger partial charge in [-0.15, -0.1) is 0 Å². The van der Waals surface area contributed by atoms with Gasteiger partial charge in [0.25, 0.3) is 0 Å². The zero-order valence-corrected chi connectivity index (χ0v) is 24.7. The summed E-state index contributed by atoms with van der Waals surface area (Å²) in [6.45, 7) is 4.10. The van der Waals surface area contributed by atoms with E-state index >= 15 is 0 Å². The van der Waals surface area contributed by atoms with Crippen LogP contribution in [0.15, 0.2) is 157 Å². The molecule has 2 heteroatoms. The highest BCUT2D eigenvalue weighted by molar-refractivity contribution is 6.21. The van der Waals surface area contributed by atoms with E-state index in [1.165, 1.54) is 60.1 Å². The highest BCUT2D eigenvalue weighted by atomic mass is 14.5. The third kappa shape index (κ3) is 5.36. The molecule has 0 fully saturated rings. The lowest BCUT2D eigenvalue weighted by atomic mass is 9.85. The number of fused-ring (bicyclic) bond motifs is 3. The van der Waals surface area contributed by atoms with Gasteiger partial charge in [0, 0.05) is 6.20 Å². The fraction of sp³-hybridized carbons (Fsp3) is 0.0732. The zero-order valence-electron chi connectivity index (χ0n) is 24.7. The number of allylic oxidation sites excluding steroid dienone is 6. The Labute approximate surface area is 254 Å². The summed E-state index contributed by atoms with van der Waals surface area (Å²) < 4.78 is 0. The summed E-state index contributed by atoms with van der Waals surface area (Å²) in [5.74, 6) is 0. The predicted molar refractivity (Wildman–Crippen MR) is 187 cm³/mol. The minimum atomic E-state index is 0.754. The normalized spacial score (nSPS) is 13.0. The molecule has 0 saturated heterocycles. The molecule has 0 spiro atoms. The lowest BCUT2D eigenvalue weighted by molar-refractivity contribution is 1.18. The quantitative estimate of drug-likeness (QED) is 0.152. The van der Waals surface area contributed by atoms with Gasteiger partial charge in [0.1, 0.15) is 0 Å². The molecule has 0 aliphatic carbocycles. The van der Waals surface area contributed by atoms with Crippen molar-refractivity contribution < 1.29 is 0 Å². The maximum Gasteiger partial charge on any atom is 0.00174 e. The Bertz CT molecular complexity index is 2010. The smallest absolute Gasteiger partial charge is 0.00174 e. The van der Waals surface area contributed by atoms with E-state index in [1.807, 2.05) is 6.92 Å². The first-order chi connectivity index (χ1) is 21.1. The van der Waals surface area contributed by atoms with Gasteiger partial charge in [0.05, 0.1) is 0 Å². The molecule has 0 bridgehead atoms. The van der Waals surface area contributed by atoms with Crippen LogP contribution in [-0.2, 0) is 0 Å². The highest BCUT2D eigenvalue weighted by Crippen LogP contribution is 2.44. The lowest BCUT2D eigenvalue weighted by Crippen LogP contribution is -1.92. The van der Waals surface area contributed by atoms with E-state index in [2.05, 4.69) is 140 Å². The van der Waals surface area contributed by atoms with E-state index < -0.39 is 0 Å². The molecule has 6 aromatic carbocycles. The molecule has 4 N–H and O–H groups in total. The van der Waals surface area contributed by atoms with E-state index in [0.29, 0.717) is 0 Å². The first-order valence-electron chi connectivity index (χ1n) is 14.8. The first-order valence-corrected chi connectivity index (χ1v) is 14.8. The van der Waals surface area contributed by atoms with Gasteiger partial charge in [-0.1, -0.05) is 133 Å². The molecule has 2 nitrogen and oxygen atoms in total. The maximum absolute atomic E-state index is 6.08. The van der Waals surface area contributed by atoms with Crippen LogP contribution in [0.25, 0.3) is 60.1 Å². The summed E-state index contributed by atoms with van der Waals surface area (Å²) in [5, 5.41) is 7.49. The van der Waals surface area contributed by atoms with Gasteiger partial charge >= 0.3 is 0 Å². The second-order valence-electron chi connectivity index (χ2n) is 10.9. The molecule has 0 amide bonds. The summed E-state index contributed by atoms with van der Waals surface area (Å²) in [5.41, 5.74) is 21.2. The summed E-state index contributed by atoms with van der Waals surface area (Å²) in [6.07, 6.45) is 10.4. The van der Waals surface area contributed by atoms with E-state index in [1.54, 1.807) is 12.4 Å². The van der Waals surface area contributed by atoms with E-state index in [0.717, 1.165) is 23.1 Å². The molecular weight excluding hydrogens is 520 g/mol. The minimum Gasteiger partial charge on any atom is -0.404 e. The summed E-state index contributed by atoms with van der Waals surface area (Å²) >= 11 is 0. The second-order valence-corrected chi connectivity index (χ2v) is 10.9. The molecule has 0 unspecified atom stereocenters. The number of rotatable bonds is 7. The van der Waals surface area contributed by atoms with Gasteiger partial charge in [0.15, 0.2) is 0 Å². The van der Waals surface area contributed by atoms with E-state index in [9.17, 15) is 0 Å². The molecule has 0 aliphatic rings. The Balaban J connectivity index is 1.44. The van der Waals surface area contributed by atoms with Crippen LogP contribution in [0.5, 0.6) is 0 Å². The Kier molecular flexibility index (Phi) is 7.93. The van der Waals surface area contributed by atoms with Gasteiger partial charge in [-0.05, 0) is 104 Å². The molecular formula is C41H36N2. The van der Waals surface area contributed by atoms with Crippen molar-refractivity contribution in [3.63, 3.8) is 0 Å². The number of benzene rings is 6. The molecule has 0 aromatic heterocycles. The Hall–Kier alpha value is -5.34. The van der Waals surface area contributed by atoms with Crippen LogP contribution in [0.4, 0.5) is 0 Å². The predicted octanol–water partition coefficient (Wildman–Crippen LogP) is 10.5. The molecule has 0 saturated carbocycles. The van der Waals surface area contributed by atoms with Crippen LogP contribution in [0.1, 0.15) is 25.8 Å². The van der Waals surface area contributed by atoms with E-state index in [4.69, 9.17) is 11.5 Å². The minimum absolute atomic E-state index is 0.754. The number of hydrogen-bond donors (Lipinski definition) is 2. The Morgan fingerprint density at radius 2 is 1.14 bits per heavy atom. The topological polar surface area (TPSA) is 52.0 Å². The lowest BCUT2D eigenvalue weighted by Gasteiger charge is -2.18. The SMILES string of the molecule is C/C=C(C)\C(=C/N)C/C=C\C(=C/N)c1ccc(-c2c3ccccc3c(-c3ccc4ccccc4c3)c3ccccc23)cc1. The summed E-state index contributed by atoms with van der Waals surface area (Å²) in [7, 11) is 0. The van der Waals surface area contributed by atoms with Crippen molar-refractivity contribution in [2.75, 3.05) is 0 Å². The molecule has 0 atom stereocenters. The van der Waals surface area contributed by atoms with Crippen molar-refractivity contribution in [3.8, 4) is 22.3 Å². The third-order valence-electron chi connectivity index (χ3n) is 8.43. The van der Waals surface area contributed by atoms with Crippen molar-refractivity contribution in [3.05, 3.63) is 163 Å². The van der Waals surface area contributed by atoms with Crippen molar-refractivity contribution in [2.45, 2.75) is 20.3 Å². The monoisotopic (exact) mass is 556 g/mol. The molecule has 6 aromatic rings. The van der Waals surface area contributed by atoms with Crippen molar-refractivity contribution in [1.29, 1.82) is 0 Å².